The molecule has 132 valence electrons. The number of aliphatic hydroxyl groups excluding tert-OH is 1. The van der Waals surface area contributed by atoms with Crippen molar-refractivity contribution >= 4 is 17.4 Å². The van der Waals surface area contributed by atoms with E-state index >= 15 is 0 Å². The molecule has 0 unspecified atom stereocenters. The van der Waals surface area contributed by atoms with Crippen LogP contribution in [0.5, 0.6) is 0 Å². The minimum atomic E-state index is -0.0370. The second kappa shape index (κ2) is 10.5. The molecule has 2 rings (SSSR count). The van der Waals surface area contributed by atoms with Crippen molar-refractivity contribution < 1.29 is 9.90 Å². The predicted molar refractivity (Wildman–Crippen MR) is 98.5 cm³/mol. The molecule has 1 fully saturated rings. The lowest BCUT2D eigenvalue weighted by Gasteiger charge is -2.26. The van der Waals surface area contributed by atoms with E-state index in [1.807, 2.05) is 0 Å². The molecular weight excluding hydrogens is 324 g/mol. The van der Waals surface area contributed by atoms with E-state index in [-0.39, 0.29) is 12.4 Å². The van der Waals surface area contributed by atoms with E-state index < -0.39 is 0 Å². The Labute approximate surface area is 149 Å². The second-order valence-electron chi connectivity index (χ2n) is 6.20. The van der Waals surface area contributed by atoms with Crippen LogP contribution in [-0.2, 0) is 0 Å². The maximum Gasteiger partial charge on any atom is 0.187 e. The summed E-state index contributed by atoms with van der Waals surface area (Å²) in [6, 6.07) is 6.91. The lowest BCUT2D eigenvalue weighted by Crippen LogP contribution is -2.35. The van der Waals surface area contributed by atoms with Gasteiger partial charge in [0.15, 0.2) is 5.78 Å². The molecule has 0 aromatic heterocycles. The number of ketones is 1. The lowest BCUT2D eigenvalue weighted by atomic mass is 10.1. The highest BCUT2D eigenvalue weighted by Crippen LogP contribution is 2.12. The first-order valence-electron chi connectivity index (χ1n) is 8.76. The zero-order valence-electron chi connectivity index (χ0n) is 14.1. The van der Waals surface area contributed by atoms with E-state index in [1.165, 1.54) is 32.4 Å². The highest BCUT2D eigenvalue weighted by Gasteiger charge is 2.10. The Morgan fingerprint density at radius 3 is 2.58 bits per heavy atom. The summed E-state index contributed by atoms with van der Waals surface area (Å²) in [5, 5.41) is 13.1. The number of carbonyl (C=O) groups is 1. The number of allylic oxidation sites excluding steroid dienone is 2. The van der Waals surface area contributed by atoms with Crippen LogP contribution in [0.3, 0.4) is 0 Å². The minimum absolute atomic E-state index is 0.0370. The second-order valence-corrected chi connectivity index (χ2v) is 6.63. The number of hydrogen-bond donors (Lipinski definition) is 2. The van der Waals surface area contributed by atoms with Gasteiger partial charge in [-0.05, 0) is 63.0 Å². The zero-order valence-corrected chi connectivity index (χ0v) is 14.9. The summed E-state index contributed by atoms with van der Waals surface area (Å²) in [6.45, 7) is 4.28. The Morgan fingerprint density at radius 2 is 1.92 bits per heavy atom. The molecule has 1 aliphatic rings. The van der Waals surface area contributed by atoms with E-state index in [2.05, 4.69) is 10.2 Å². The molecule has 0 amide bonds. The van der Waals surface area contributed by atoms with Gasteiger partial charge in [-0.3, -0.25) is 4.79 Å². The molecule has 0 bridgehead atoms. The molecule has 1 aromatic carbocycles. The lowest BCUT2D eigenvalue weighted by molar-refractivity contribution is 0.104. The highest BCUT2D eigenvalue weighted by atomic mass is 35.5. The SMILES string of the molecule is O=C(/C=C(\CCCO)NCCN1CCCCC1)c1ccc(Cl)cc1. The number of carbonyl (C=O) groups excluding carboxylic acids is 1. The number of hydrogen-bond acceptors (Lipinski definition) is 4. The van der Waals surface area contributed by atoms with Crippen LogP contribution >= 0.6 is 11.6 Å². The van der Waals surface area contributed by atoms with Crippen molar-refractivity contribution in [2.24, 2.45) is 0 Å². The molecule has 24 heavy (non-hydrogen) atoms. The molecule has 0 aliphatic carbocycles. The molecule has 4 nitrogen and oxygen atoms in total. The van der Waals surface area contributed by atoms with Crippen molar-refractivity contribution in [1.29, 1.82) is 0 Å². The largest absolute Gasteiger partial charge is 0.396 e. The third-order valence-corrected chi connectivity index (χ3v) is 4.52. The van der Waals surface area contributed by atoms with E-state index in [4.69, 9.17) is 16.7 Å². The Morgan fingerprint density at radius 1 is 1.21 bits per heavy atom. The van der Waals surface area contributed by atoms with E-state index in [9.17, 15) is 4.79 Å². The summed E-state index contributed by atoms with van der Waals surface area (Å²) in [5.41, 5.74) is 1.51. The monoisotopic (exact) mass is 350 g/mol. The maximum atomic E-state index is 12.4. The molecule has 2 N–H and O–H groups in total. The van der Waals surface area contributed by atoms with Crippen molar-refractivity contribution in [3.63, 3.8) is 0 Å². The molecule has 1 aliphatic heterocycles. The third-order valence-electron chi connectivity index (χ3n) is 4.27. The Hall–Kier alpha value is -1.36. The fourth-order valence-electron chi connectivity index (χ4n) is 2.89. The molecule has 1 aromatic rings. The van der Waals surface area contributed by atoms with Gasteiger partial charge in [-0.25, -0.2) is 0 Å². The molecule has 1 heterocycles. The Balaban J connectivity index is 1.90. The summed E-state index contributed by atoms with van der Waals surface area (Å²) in [6.07, 6.45) is 6.87. The van der Waals surface area contributed by atoms with E-state index in [0.29, 0.717) is 23.4 Å². The highest BCUT2D eigenvalue weighted by molar-refractivity contribution is 6.30. The van der Waals surface area contributed by atoms with Crippen LogP contribution in [0.25, 0.3) is 0 Å². The van der Waals surface area contributed by atoms with Gasteiger partial charge in [0.25, 0.3) is 0 Å². The van der Waals surface area contributed by atoms with Crippen LogP contribution in [0.15, 0.2) is 36.0 Å². The average Bonchev–Trinajstić information content (AvgIpc) is 2.61. The first-order valence-corrected chi connectivity index (χ1v) is 9.14. The number of nitrogens with zero attached hydrogens (tertiary/aromatic N) is 1. The zero-order chi connectivity index (χ0) is 17.2. The predicted octanol–water partition coefficient (Wildman–Crippen LogP) is 3.25. The number of nitrogens with one attached hydrogen (secondary N) is 1. The molecule has 0 saturated carbocycles. The summed E-state index contributed by atoms with van der Waals surface area (Å²) in [7, 11) is 0. The molecule has 0 radical (unpaired) electrons. The molecule has 1 saturated heterocycles. The van der Waals surface area contributed by atoms with Crippen molar-refractivity contribution in [3.05, 3.63) is 46.6 Å². The van der Waals surface area contributed by atoms with Gasteiger partial charge in [-0.15, -0.1) is 0 Å². The minimum Gasteiger partial charge on any atom is -0.396 e. The van der Waals surface area contributed by atoms with Gasteiger partial charge in [0, 0.05) is 42.1 Å². The van der Waals surface area contributed by atoms with Crippen LogP contribution in [-0.4, -0.2) is 48.6 Å². The molecule has 5 heteroatoms. The number of rotatable bonds is 9. The normalized spacial score (nSPS) is 16.2. The van der Waals surface area contributed by atoms with Crippen molar-refractivity contribution in [3.8, 4) is 0 Å². The molecular formula is C19H27ClN2O2. The third kappa shape index (κ3) is 6.63. The van der Waals surface area contributed by atoms with Gasteiger partial charge in [0.2, 0.25) is 0 Å². The standard InChI is InChI=1S/C19H27ClN2O2/c20-17-8-6-16(7-9-17)19(24)15-18(5-4-14-23)21-10-13-22-11-2-1-3-12-22/h6-9,15,21,23H,1-5,10-14H2/b18-15+. The summed E-state index contributed by atoms with van der Waals surface area (Å²) >= 11 is 5.86. The van der Waals surface area contributed by atoms with Crippen molar-refractivity contribution in [2.75, 3.05) is 32.8 Å². The number of aliphatic hydroxyl groups is 1. The van der Waals surface area contributed by atoms with Gasteiger partial charge in [-0.2, -0.15) is 0 Å². The van der Waals surface area contributed by atoms with Gasteiger partial charge in [-0.1, -0.05) is 18.0 Å². The van der Waals surface area contributed by atoms with Gasteiger partial charge >= 0.3 is 0 Å². The van der Waals surface area contributed by atoms with Crippen LogP contribution in [0.4, 0.5) is 0 Å². The summed E-state index contributed by atoms with van der Waals surface area (Å²) < 4.78 is 0. The van der Waals surface area contributed by atoms with E-state index in [1.54, 1.807) is 30.3 Å². The van der Waals surface area contributed by atoms with Crippen LogP contribution in [0, 0.1) is 0 Å². The number of benzene rings is 1. The van der Waals surface area contributed by atoms with Crippen molar-refractivity contribution in [2.45, 2.75) is 32.1 Å². The Kier molecular flexibility index (Phi) is 8.29. The number of halogens is 1. The topological polar surface area (TPSA) is 52.6 Å². The summed E-state index contributed by atoms with van der Waals surface area (Å²) in [4.78, 5) is 14.8. The van der Waals surface area contributed by atoms with Crippen molar-refractivity contribution in [1.82, 2.24) is 10.2 Å². The Bertz CT molecular complexity index is 537. The smallest absolute Gasteiger partial charge is 0.187 e. The van der Waals surface area contributed by atoms with Crippen LogP contribution < -0.4 is 5.32 Å². The number of likely N-dealkylation sites (tertiary alicyclic amines) is 1. The van der Waals surface area contributed by atoms with Crippen LogP contribution in [0.2, 0.25) is 5.02 Å². The van der Waals surface area contributed by atoms with Gasteiger partial charge < -0.3 is 15.3 Å². The molecule has 0 spiro atoms. The molecule has 0 atom stereocenters. The first-order chi connectivity index (χ1) is 11.7. The maximum absolute atomic E-state index is 12.4. The van der Waals surface area contributed by atoms with E-state index in [0.717, 1.165) is 18.8 Å². The van der Waals surface area contributed by atoms with Crippen LogP contribution in [0.1, 0.15) is 42.5 Å². The summed E-state index contributed by atoms with van der Waals surface area (Å²) in [5.74, 6) is -0.0370. The fraction of sp³-hybridized carbons (Fsp3) is 0.526. The fourth-order valence-corrected chi connectivity index (χ4v) is 3.02. The number of piperidine rings is 1. The van der Waals surface area contributed by atoms with Gasteiger partial charge in [0.1, 0.15) is 0 Å². The average molecular weight is 351 g/mol. The quantitative estimate of drug-likeness (QED) is 0.530. The first kappa shape index (κ1) is 19.0. The van der Waals surface area contributed by atoms with Gasteiger partial charge in [0.05, 0.1) is 0 Å².